The fraction of sp³-hybridized carbons (Fsp3) is 0.417. The van der Waals surface area contributed by atoms with Crippen molar-refractivity contribution in [3.8, 4) is 5.75 Å². The Balaban J connectivity index is 2.61. The maximum Gasteiger partial charge on any atom is 0.225 e. The Labute approximate surface area is 109 Å². The number of nitrogens with two attached hydrogens (primary N) is 1. The number of carbonyl (C=O) groups is 1. The van der Waals surface area contributed by atoms with Crippen molar-refractivity contribution in [3.63, 3.8) is 0 Å². The van der Waals surface area contributed by atoms with Gasteiger partial charge >= 0.3 is 0 Å². The van der Waals surface area contributed by atoms with E-state index in [4.69, 9.17) is 10.5 Å². The number of nitrogen functional groups attached to an aromatic ring is 1. The zero-order valence-electron chi connectivity index (χ0n) is 10.6. The lowest BCUT2D eigenvalue weighted by Crippen LogP contribution is -2.16. The lowest BCUT2D eigenvalue weighted by Gasteiger charge is -2.10. The van der Waals surface area contributed by atoms with Crippen molar-refractivity contribution >= 4 is 28.1 Å². The van der Waals surface area contributed by atoms with Crippen molar-refractivity contribution in [3.05, 3.63) is 18.2 Å². The molecule has 1 amide bonds. The summed E-state index contributed by atoms with van der Waals surface area (Å²) in [6.45, 7) is 1.83. The van der Waals surface area contributed by atoms with Crippen LogP contribution in [0.1, 0.15) is 13.3 Å². The molecule has 0 radical (unpaired) electrons. The zero-order valence-corrected chi connectivity index (χ0v) is 11.4. The van der Waals surface area contributed by atoms with Gasteiger partial charge in [-0.25, -0.2) is 0 Å². The van der Waals surface area contributed by atoms with E-state index in [-0.39, 0.29) is 12.3 Å². The van der Waals surface area contributed by atoms with Crippen molar-refractivity contribution in [1.82, 2.24) is 0 Å². The number of hydrogen-bond donors (Lipinski definition) is 2. The number of hydrogen-bond acceptors (Lipinski definition) is 4. The molecule has 0 aliphatic rings. The highest BCUT2D eigenvalue weighted by Gasteiger charge is 2.09. The molecule has 100 valence electrons. The van der Waals surface area contributed by atoms with E-state index in [0.717, 1.165) is 0 Å². The second-order valence-electron chi connectivity index (χ2n) is 3.69. The predicted octanol–water partition coefficient (Wildman–Crippen LogP) is 1.37. The third kappa shape index (κ3) is 4.37. The fourth-order valence-corrected chi connectivity index (χ4v) is 2.08. The summed E-state index contributed by atoms with van der Waals surface area (Å²) in [7, 11) is 0.582. The van der Waals surface area contributed by atoms with Gasteiger partial charge in [0.1, 0.15) is 5.75 Å². The topological polar surface area (TPSA) is 81.4 Å². The fourth-order valence-electron chi connectivity index (χ4n) is 1.37. The van der Waals surface area contributed by atoms with Gasteiger partial charge in [-0.2, -0.15) is 0 Å². The molecule has 1 aromatic rings. The maximum atomic E-state index is 11.7. The Morgan fingerprint density at radius 3 is 2.83 bits per heavy atom. The summed E-state index contributed by atoms with van der Waals surface area (Å²) in [5.74, 6) is 1.28. The number of amides is 1. The summed E-state index contributed by atoms with van der Waals surface area (Å²) in [5.41, 5.74) is 6.75. The van der Waals surface area contributed by atoms with Crippen LogP contribution >= 0.6 is 0 Å². The van der Waals surface area contributed by atoms with Crippen LogP contribution in [0.4, 0.5) is 11.4 Å². The Bertz CT molecular complexity index is 449. The van der Waals surface area contributed by atoms with E-state index >= 15 is 0 Å². The highest BCUT2D eigenvalue weighted by Crippen LogP contribution is 2.26. The van der Waals surface area contributed by atoms with Crippen LogP contribution in [0.15, 0.2) is 18.2 Å². The molecule has 0 aromatic heterocycles. The number of rotatable bonds is 6. The molecular weight excluding hydrogens is 252 g/mol. The SMILES string of the molecule is CCS(=O)CCC(=O)Nc1ccc(N)cc1OC. The molecule has 6 heteroatoms. The van der Waals surface area contributed by atoms with Gasteiger partial charge in [-0.3, -0.25) is 9.00 Å². The van der Waals surface area contributed by atoms with Crippen LogP contribution in [0.25, 0.3) is 0 Å². The van der Waals surface area contributed by atoms with Crippen molar-refractivity contribution in [1.29, 1.82) is 0 Å². The molecular formula is C12H18N2O3S. The third-order valence-electron chi connectivity index (χ3n) is 2.38. The van der Waals surface area contributed by atoms with Crippen LogP contribution in [-0.2, 0) is 15.6 Å². The monoisotopic (exact) mass is 270 g/mol. The zero-order chi connectivity index (χ0) is 13.5. The van der Waals surface area contributed by atoms with E-state index in [1.54, 1.807) is 18.2 Å². The average Bonchev–Trinajstić information content (AvgIpc) is 2.37. The molecule has 1 aromatic carbocycles. The van der Waals surface area contributed by atoms with Gasteiger partial charge in [-0.1, -0.05) is 6.92 Å². The second kappa shape index (κ2) is 7.00. The first kappa shape index (κ1) is 14.5. The molecule has 0 fully saturated rings. The largest absolute Gasteiger partial charge is 0.494 e. The summed E-state index contributed by atoms with van der Waals surface area (Å²) in [6.07, 6.45) is 0.230. The Morgan fingerprint density at radius 2 is 2.22 bits per heavy atom. The Morgan fingerprint density at radius 1 is 1.50 bits per heavy atom. The van der Waals surface area contributed by atoms with E-state index in [2.05, 4.69) is 5.32 Å². The Kier molecular flexibility index (Phi) is 5.64. The second-order valence-corrected chi connectivity index (χ2v) is 5.56. The first-order valence-electron chi connectivity index (χ1n) is 5.65. The number of anilines is 2. The highest BCUT2D eigenvalue weighted by atomic mass is 32.2. The van der Waals surface area contributed by atoms with Crippen LogP contribution in [0.3, 0.4) is 0 Å². The molecule has 1 atom stereocenters. The minimum Gasteiger partial charge on any atom is -0.494 e. The molecule has 1 rings (SSSR count). The van der Waals surface area contributed by atoms with E-state index in [1.165, 1.54) is 7.11 Å². The summed E-state index contributed by atoms with van der Waals surface area (Å²) in [4.78, 5) is 11.7. The first-order chi connectivity index (χ1) is 8.56. The van der Waals surface area contributed by atoms with Gasteiger partial charge < -0.3 is 15.8 Å². The number of methoxy groups -OCH3 is 1. The number of nitrogens with one attached hydrogen (secondary N) is 1. The molecule has 18 heavy (non-hydrogen) atoms. The van der Waals surface area contributed by atoms with Crippen molar-refractivity contribution in [2.75, 3.05) is 29.7 Å². The van der Waals surface area contributed by atoms with Gasteiger partial charge in [-0.05, 0) is 12.1 Å². The summed E-state index contributed by atoms with van der Waals surface area (Å²) >= 11 is 0. The minimum absolute atomic E-state index is 0.181. The minimum atomic E-state index is -0.928. The van der Waals surface area contributed by atoms with Gasteiger partial charge in [0, 0.05) is 40.5 Å². The molecule has 0 saturated heterocycles. The van der Waals surface area contributed by atoms with E-state index in [0.29, 0.717) is 28.6 Å². The van der Waals surface area contributed by atoms with E-state index in [9.17, 15) is 9.00 Å². The summed E-state index contributed by atoms with van der Waals surface area (Å²) < 4.78 is 16.3. The van der Waals surface area contributed by atoms with Gasteiger partial charge in [0.2, 0.25) is 5.91 Å². The third-order valence-corrected chi connectivity index (χ3v) is 3.68. The maximum absolute atomic E-state index is 11.7. The standard InChI is InChI=1S/C12H18N2O3S/c1-3-18(16)7-6-12(15)14-10-5-4-9(13)8-11(10)17-2/h4-5,8H,3,6-7,13H2,1-2H3,(H,14,15). The molecule has 0 heterocycles. The lowest BCUT2D eigenvalue weighted by molar-refractivity contribution is -0.115. The first-order valence-corrected chi connectivity index (χ1v) is 7.14. The normalized spacial score (nSPS) is 11.9. The van der Waals surface area contributed by atoms with Gasteiger partial charge in [0.05, 0.1) is 12.8 Å². The molecule has 0 bridgehead atoms. The number of carbonyl (C=O) groups excluding carboxylic acids is 1. The van der Waals surface area contributed by atoms with Crippen LogP contribution in [0, 0.1) is 0 Å². The lowest BCUT2D eigenvalue weighted by atomic mass is 10.2. The van der Waals surface area contributed by atoms with Gasteiger partial charge in [0.25, 0.3) is 0 Å². The van der Waals surface area contributed by atoms with Crippen LogP contribution < -0.4 is 15.8 Å². The van der Waals surface area contributed by atoms with E-state index < -0.39 is 10.8 Å². The van der Waals surface area contributed by atoms with Crippen LogP contribution in [0.5, 0.6) is 5.75 Å². The molecule has 3 N–H and O–H groups in total. The van der Waals surface area contributed by atoms with Crippen molar-refractivity contribution in [2.24, 2.45) is 0 Å². The highest BCUT2D eigenvalue weighted by molar-refractivity contribution is 7.84. The molecule has 0 aliphatic carbocycles. The summed E-state index contributed by atoms with van der Waals surface area (Å²) in [5, 5.41) is 2.71. The van der Waals surface area contributed by atoms with Crippen LogP contribution in [0.2, 0.25) is 0 Å². The molecule has 1 unspecified atom stereocenters. The molecule has 5 nitrogen and oxygen atoms in total. The van der Waals surface area contributed by atoms with Gasteiger partial charge in [0.15, 0.2) is 0 Å². The van der Waals surface area contributed by atoms with Crippen LogP contribution in [-0.4, -0.2) is 28.7 Å². The predicted molar refractivity (Wildman–Crippen MR) is 74.2 cm³/mol. The van der Waals surface area contributed by atoms with Crippen molar-refractivity contribution in [2.45, 2.75) is 13.3 Å². The molecule has 0 aliphatic heterocycles. The molecule has 0 saturated carbocycles. The number of benzene rings is 1. The summed E-state index contributed by atoms with van der Waals surface area (Å²) in [6, 6.07) is 5.00. The van der Waals surface area contributed by atoms with E-state index in [1.807, 2.05) is 6.92 Å². The van der Waals surface area contributed by atoms with Gasteiger partial charge in [-0.15, -0.1) is 0 Å². The molecule has 0 spiro atoms. The smallest absolute Gasteiger partial charge is 0.225 e. The average molecular weight is 270 g/mol. The van der Waals surface area contributed by atoms with Crippen molar-refractivity contribution < 1.29 is 13.7 Å². The Hall–Kier alpha value is -1.56. The quantitative estimate of drug-likeness (QED) is 0.765. The number of ether oxygens (including phenoxy) is 1.